The van der Waals surface area contributed by atoms with Crippen LogP contribution in [0.3, 0.4) is 0 Å². The number of carbonyl (C=O) groups excluding carboxylic acids is 1. The zero-order valence-corrected chi connectivity index (χ0v) is 13.3. The predicted octanol–water partition coefficient (Wildman–Crippen LogP) is 4.88. The van der Waals surface area contributed by atoms with Gasteiger partial charge in [-0.2, -0.15) is 5.10 Å². The normalized spacial score (nSPS) is 10.7. The van der Waals surface area contributed by atoms with Crippen LogP contribution in [0.5, 0.6) is 0 Å². The van der Waals surface area contributed by atoms with Crippen LogP contribution in [-0.4, -0.2) is 15.0 Å². The number of carbonyl (C=O) groups is 1. The third-order valence-electron chi connectivity index (χ3n) is 3.33. The second-order valence-corrected chi connectivity index (χ2v) is 5.72. The quantitative estimate of drug-likeness (QED) is 0.641. The number of halogens is 2. The minimum absolute atomic E-state index is 0.215. The van der Waals surface area contributed by atoms with Crippen LogP contribution in [0.1, 0.15) is 16.1 Å². The Balaban J connectivity index is 2.17. The Bertz CT molecular complexity index is 758. The molecule has 1 heterocycles. The second-order valence-electron chi connectivity index (χ2n) is 4.94. The first kappa shape index (κ1) is 14.8. The molecule has 0 atom stereocenters. The molecule has 0 unspecified atom stereocenters. The van der Waals surface area contributed by atoms with Crippen molar-refractivity contribution in [2.45, 2.75) is 6.92 Å². The highest BCUT2D eigenvalue weighted by atomic mass is 35.5. The molecule has 0 aliphatic rings. The van der Waals surface area contributed by atoms with E-state index in [9.17, 15) is 4.79 Å². The number of aromatic nitrogens is 2. The largest absolute Gasteiger partial charge is 0.274 e. The van der Waals surface area contributed by atoms with Crippen LogP contribution < -0.4 is 0 Å². The first-order valence-electron chi connectivity index (χ1n) is 6.67. The summed E-state index contributed by atoms with van der Waals surface area (Å²) in [5.41, 5.74) is 3.91. The fourth-order valence-corrected chi connectivity index (χ4v) is 2.40. The van der Waals surface area contributed by atoms with E-state index >= 15 is 0 Å². The molecule has 3 aromatic rings. The van der Waals surface area contributed by atoms with Gasteiger partial charge in [-0.15, -0.1) is 0 Å². The van der Waals surface area contributed by atoms with Crippen LogP contribution in [0.2, 0.25) is 5.02 Å². The van der Waals surface area contributed by atoms with Crippen LogP contribution in [0.25, 0.3) is 16.9 Å². The molecule has 0 aliphatic heterocycles. The van der Waals surface area contributed by atoms with E-state index in [0.717, 1.165) is 22.5 Å². The van der Waals surface area contributed by atoms with Crippen molar-refractivity contribution in [3.05, 3.63) is 70.9 Å². The van der Waals surface area contributed by atoms with E-state index in [2.05, 4.69) is 5.10 Å². The molecule has 3 rings (SSSR count). The van der Waals surface area contributed by atoms with E-state index in [1.807, 2.05) is 43.3 Å². The number of hydrogen-bond donors (Lipinski definition) is 0. The van der Waals surface area contributed by atoms with Gasteiger partial charge in [-0.1, -0.05) is 41.4 Å². The number of rotatable bonds is 3. The molecule has 110 valence electrons. The molecule has 0 bridgehead atoms. The van der Waals surface area contributed by atoms with Gasteiger partial charge < -0.3 is 0 Å². The van der Waals surface area contributed by atoms with Gasteiger partial charge in [0.2, 0.25) is 0 Å². The molecule has 0 N–H and O–H groups in total. The lowest BCUT2D eigenvalue weighted by Gasteiger charge is -2.08. The summed E-state index contributed by atoms with van der Waals surface area (Å²) in [5, 5.41) is 4.38. The molecule has 5 heteroatoms. The maximum absolute atomic E-state index is 11.5. The van der Waals surface area contributed by atoms with Gasteiger partial charge in [0.1, 0.15) is 5.69 Å². The highest BCUT2D eigenvalue weighted by Gasteiger charge is 2.15. The average molecular weight is 331 g/mol. The zero-order valence-electron chi connectivity index (χ0n) is 11.8. The lowest BCUT2D eigenvalue weighted by Crippen LogP contribution is -2.00. The fourth-order valence-electron chi connectivity index (χ4n) is 2.19. The third kappa shape index (κ3) is 2.91. The monoisotopic (exact) mass is 330 g/mol. The summed E-state index contributed by atoms with van der Waals surface area (Å²) in [6.07, 6.45) is 0. The van der Waals surface area contributed by atoms with Crippen LogP contribution in [0.15, 0.2) is 54.6 Å². The zero-order chi connectivity index (χ0) is 15.7. The smallest absolute Gasteiger partial charge is 0.272 e. The standard InChI is InChI=1S/C17H12Cl2N2O/c1-11-2-8-14(9-3-11)21-16(10-15(20-21)17(19)22)12-4-6-13(18)7-5-12/h2-10H,1H3. The molecule has 3 nitrogen and oxygen atoms in total. The van der Waals surface area contributed by atoms with Crippen LogP contribution in [0, 0.1) is 6.92 Å². The van der Waals surface area contributed by atoms with E-state index in [0.29, 0.717) is 5.02 Å². The van der Waals surface area contributed by atoms with Crippen molar-refractivity contribution in [2.75, 3.05) is 0 Å². The predicted molar refractivity (Wildman–Crippen MR) is 88.9 cm³/mol. The summed E-state index contributed by atoms with van der Waals surface area (Å²) < 4.78 is 1.71. The molecule has 0 amide bonds. The van der Waals surface area contributed by atoms with Gasteiger partial charge in [0.05, 0.1) is 11.4 Å². The van der Waals surface area contributed by atoms with Crippen LogP contribution >= 0.6 is 23.2 Å². The molecule has 0 saturated carbocycles. The van der Waals surface area contributed by atoms with E-state index in [1.54, 1.807) is 22.9 Å². The first-order chi connectivity index (χ1) is 10.5. The van der Waals surface area contributed by atoms with Gasteiger partial charge in [-0.3, -0.25) is 4.79 Å². The minimum atomic E-state index is -0.582. The van der Waals surface area contributed by atoms with E-state index in [1.165, 1.54) is 0 Å². The maximum atomic E-state index is 11.5. The van der Waals surface area contributed by atoms with Crippen molar-refractivity contribution in [2.24, 2.45) is 0 Å². The Morgan fingerprint density at radius 2 is 1.68 bits per heavy atom. The summed E-state index contributed by atoms with van der Waals surface area (Å²) in [7, 11) is 0. The van der Waals surface area contributed by atoms with Gasteiger partial charge in [-0.25, -0.2) is 4.68 Å². The van der Waals surface area contributed by atoms with E-state index in [4.69, 9.17) is 23.2 Å². The van der Waals surface area contributed by atoms with Gasteiger partial charge in [-0.05, 0) is 48.9 Å². The highest BCUT2D eigenvalue weighted by molar-refractivity contribution is 6.67. The SMILES string of the molecule is Cc1ccc(-n2nc(C(=O)Cl)cc2-c2ccc(Cl)cc2)cc1. The summed E-state index contributed by atoms with van der Waals surface area (Å²) in [6.45, 7) is 2.01. The van der Waals surface area contributed by atoms with Gasteiger partial charge in [0.25, 0.3) is 5.24 Å². The van der Waals surface area contributed by atoms with E-state index < -0.39 is 5.24 Å². The number of aryl methyl sites for hydroxylation is 1. The van der Waals surface area contributed by atoms with Crippen molar-refractivity contribution in [3.8, 4) is 16.9 Å². The lowest BCUT2D eigenvalue weighted by molar-refractivity contribution is 0.107. The number of nitrogens with zero attached hydrogens (tertiary/aromatic N) is 2. The van der Waals surface area contributed by atoms with Crippen molar-refractivity contribution >= 4 is 28.4 Å². The molecule has 22 heavy (non-hydrogen) atoms. The molecule has 0 radical (unpaired) electrons. The second kappa shape index (κ2) is 5.95. The number of benzene rings is 2. The van der Waals surface area contributed by atoms with E-state index in [-0.39, 0.29) is 5.69 Å². The molecule has 2 aromatic carbocycles. The van der Waals surface area contributed by atoms with Crippen molar-refractivity contribution in [3.63, 3.8) is 0 Å². The molecule has 0 spiro atoms. The van der Waals surface area contributed by atoms with Gasteiger partial charge >= 0.3 is 0 Å². The average Bonchev–Trinajstić information content (AvgIpc) is 2.94. The summed E-state index contributed by atoms with van der Waals surface area (Å²) in [5.74, 6) is 0. The molecule has 1 aromatic heterocycles. The van der Waals surface area contributed by atoms with Crippen molar-refractivity contribution in [1.29, 1.82) is 0 Å². The summed E-state index contributed by atoms with van der Waals surface area (Å²) in [4.78, 5) is 11.5. The molecule has 0 aliphatic carbocycles. The molecule has 0 saturated heterocycles. The van der Waals surface area contributed by atoms with Crippen LogP contribution in [-0.2, 0) is 0 Å². The molecule has 0 fully saturated rings. The lowest BCUT2D eigenvalue weighted by atomic mass is 10.1. The first-order valence-corrected chi connectivity index (χ1v) is 7.43. The summed E-state index contributed by atoms with van der Waals surface area (Å²) in [6, 6.07) is 16.9. The Morgan fingerprint density at radius 1 is 1.05 bits per heavy atom. The maximum Gasteiger partial charge on any atom is 0.272 e. The number of hydrogen-bond acceptors (Lipinski definition) is 2. The topological polar surface area (TPSA) is 34.9 Å². The van der Waals surface area contributed by atoms with Crippen LogP contribution in [0.4, 0.5) is 0 Å². The Labute approximate surface area is 138 Å². The molecular formula is C17H12Cl2N2O. The van der Waals surface area contributed by atoms with Gasteiger partial charge in [0, 0.05) is 10.6 Å². The van der Waals surface area contributed by atoms with Crippen molar-refractivity contribution < 1.29 is 4.79 Å². The Kier molecular flexibility index (Phi) is 4.01. The van der Waals surface area contributed by atoms with Gasteiger partial charge in [0.15, 0.2) is 0 Å². The Hall–Kier alpha value is -2.10. The highest BCUT2D eigenvalue weighted by Crippen LogP contribution is 2.26. The minimum Gasteiger partial charge on any atom is -0.274 e. The Morgan fingerprint density at radius 3 is 2.27 bits per heavy atom. The fraction of sp³-hybridized carbons (Fsp3) is 0.0588. The summed E-state index contributed by atoms with van der Waals surface area (Å²) >= 11 is 11.5. The molecular weight excluding hydrogens is 319 g/mol. The van der Waals surface area contributed by atoms with Crippen molar-refractivity contribution in [1.82, 2.24) is 9.78 Å². The third-order valence-corrected chi connectivity index (χ3v) is 3.77.